The van der Waals surface area contributed by atoms with Gasteiger partial charge in [-0.2, -0.15) is 0 Å². The van der Waals surface area contributed by atoms with E-state index in [4.69, 9.17) is 19.9 Å². The van der Waals surface area contributed by atoms with E-state index in [1.165, 1.54) is 0 Å². The van der Waals surface area contributed by atoms with E-state index in [2.05, 4.69) is 29.1 Å². The lowest BCUT2D eigenvalue weighted by Crippen LogP contribution is -2.38. The molecule has 1 aromatic carbocycles. The highest BCUT2D eigenvalue weighted by Crippen LogP contribution is 2.39. The molecule has 0 saturated carbocycles. The smallest absolute Gasteiger partial charge is 0.219 e. The first kappa shape index (κ1) is 19.4. The first-order valence-corrected chi connectivity index (χ1v) is 8.47. The lowest BCUT2D eigenvalue weighted by atomic mass is 10.2. The van der Waals surface area contributed by atoms with E-state index in [0.717, 1.165) is 12.0 Å². The van der Waals surface area contributed by atoms with Crippen molar-refractivity contribution in [3.8, 4) is 23.1 Å². The van der Waals surface area contributed by atoms with Gasteiger partial charge in [0.2, 0.25) is 11.6 Å². The summed E-state index contributed by atoms with van der Waals surface area (Å²) in [6, 6.07) is 9.39. The number of rotatable bonds is 8. The quantitative estimate of drug-likeness (QED) is 0.557. The van der Waals surface area contributed by atoms with Crippen LogP contribution in [0.1, 0.15) is 25.8 Å². The van der Waals surface area contributed by atoms with Gasteiger partial charge in [0.1, 0.15) is 0 Å². The highest BCUT2D eigenvalue weighted by Gasteiger charge is 2.13. The molecule has 7 heteroatoms. The van der Waals surface area contributed by atoms with Gasteiger partial charge in [0.25, 0.3) is 0 Å². The Morgan fingerprint density at radius 2 is 1.88 bits per heavy atom. The number of nitrogens with two attached hydrogens (primary N) is 1. The van der Waals surface area contributed by atoms with Gasteiger partial charge in [0.05, 0.1) is 20.8 Å². The van der Waals surface area contributed by atoms with Crippen molar-refractivity contribution in [3.63, 3.8) is 0 Å². The number of ether oxygens (including phenoxy) is 3. The second-order valence-electron chi connectivity index (χ2n) is 5.75. The van der Waals surface area contributed by atoms with Gasteiger partial charge in [-0.25, -0.2) is 9.98 Å². The third kappa shape index (κ3) is 5.27. The number of guanidine groups is 1. The molecular weight excluding hydrogens is 332 g/mol. The summed E-state index contributed by atoms with van der Waals surface area (Å²) in [5.74, 6) is 2.50. The Kier molecular flexibility index (Phi) is 7.08. The van der Waals surface area contributed by atoms with Crippen LogP contribution >= 0.6 is 0 Å². The van der Waals surface area contributed by atoms with E-state index in [9.17, 15) is 0 Å². The van der Waals surface area contributed by atoms with Crippen LogP contribution in [0.25, 0.3) is 0 Å². The summed E-state index contributed by atoms with van der Waals surface area (Å²) >= 11 is 0. The molecule has 0 radical (unpaired) electrons. The molecular formula is C19H26N4O3. The number of aliphatic imine (C=N–C) groups is 1. The monoisotopic (exact) mass is 358 g/mol. The topological polar surface area (TPSA) is 91.0 Å². The lowest BCUT2D eigenvalue weighted by Gasteiger charge is -2.13. The number of nitrogens with zero attached hydrogens (tertiary/aromatic N) is 2. The fraction of sp³-hybridized carbons (Fsp3) is 0.368. The third-order valence-corrected chi connectivity index (χ3v) is 3.83. The molecule has 3 N–H and O–H groups in total. The van der Waals surface area contributed by atoms with Crippen LogP contribution < -0.4 is 25.3 Å². The maximum absolute atomic E-state index is 5.86. The minimum atomic E-state index is 0.295. The summed E-state index contributed by atoms with van der Waals surface area (Å²) in [7, 11) is 3.15. The Morgan fingerprint density at radius 3 is 2.42 bits per heavy atom. The molecule has 1 heterocycles. The van der Waals surface area contributed by atoms with Crippen LogP contribution in [0.4, 0.5) is 0 Å². The van der Waals surface area contributed by atoms with E-state index in [1.807, 2.05) is 12.1 Å². The minimum absolute atomic E-state index is 0.295. The maximum Gasteiger partial charge on any atom is 0.219 e. The summed E-state index contributed by atoms with van der Waals surface area (Å²) in [5, 5.41) is 3.12. The van der Waals surface area contributed by atoms with Gasteiger partial charge >= 0.3 is 0 Å². The van der Waals surface area contributed by atoms with Gasteiger partial charge in [0.15, 0.2) is 17.5 Å². The van der Waals surface area contributed by atoms with Crippen molar-refractivity contribution < 1.29 is 14.2 Å². The van der Waals surface area contributed by atoms with Crippen molar-refractivity contribution in [3.05, 3.63) is 42.1 Å². The molecule has 1 atom stereocenters. The number of aromatic nitrogens is 1. The van der Waals surface area contributed by atoms with Crippen LogP contribution in [-0.2, 0) is 6.54 Å². The molecule has 0 saturated heterocycles. The van der Waals surface area contributed by atoms with Crippen molar-refractivity contribution in [2.45, 2.75) is 32.9 Å². The molecule has 2 rings (SSSR count). The van der Waals surface area contributed by atoms with Crippen LogP contribution in [0.15, 0.2) is 41.5 Å². The number of para-hydroxylation sites is 1. The van der Waals surface area contributed by atoms with Crippen molar-refractivity contribution >= 4 is 5.96 Å². The molecule has 0 bridgehead atoms. The standard InChI is InChI=1S/C19H26N4O3/c1-5-13(2)23-19(20)22-12-14-9-10-17(21-11-14)26-18-15(24-3)7-6-8-16(18)25-4/h6-11,13H,5,12H2,1-4H3,(H3,20,22,23). The summed E-state index contributed by atoms with van der Waals surface area (Å²) in [5.41, 5.74) is 6.79. The molecule has 0 aliphatic rings. The molecule has 140 valence electrons. The number of hydrogen-bond acceptors (Lipinski definition) is 5. The Morgan fingerprint density at radius 1 is 1.19 bits per heavy atom. The van der Waals surface area contributed by atoms with Gasteiger partial charge < -0.3 is 25.3 Å². The molecule has 2 aromatic rings. The third-order valence-electron chi connectivity index (χ3n) is 3.83. The number of nitrogens with one attached hydrogen (secondary N) is 1. The van der Waals surface area contributed by atoms with Gasteiger partial charge in [-0.1, -0.05) is 19.1 Å². The first-order chi connectivity index (χ1) is 12.6. The van der Waals surface area contributed by atoms with E-state index in [1.54, 1.807) is 38.6 Å². The van der Waals surface area contributed by atoms with Gasteiger partial charge in [-0.15, -0.1) is 0 Å². The summed E-state index contributed by atoms with van der Waals surface area (Å²) in [6.45, 7) is 4.59. The molecule has 0 spiro atoms. The largest absolute Gasteiger partial charge is 0.493 e. The number of hydrogen-bond donors (Lipinski definition) is 2. The molecule has 7 nitrogen and oxygen atoms in total. The second kappa shape index (κ2) is 9.50. The van der Waals surface area contributed by atoms with Crippen molar-refractivity contribution in [1.82, 2.24) is 10.3 Å². The minimum Gasteiger partial charge on any atom is -0.493 e. The highest BCUT2D eigenvalue weighted by molar-refractivity contribution is 5.78. The molecule has 1 aromatic heterocycles. The zero-order valence-electron chi connectivity index (χ0n) is 15.7. The van der Waals surface area contributed by atoms with Gasteiger partial charge in [-0.05, 0) is 31.0 Å². The normalized spacial score (nSPS) is 12.4. The average molecular weight is 358 g/mol. The summed E-state index contributed by atoms with van der Waals surface area (Å²) < 4.78 is 16.5. The van der Waals surface area contributed by atoms with Crippen LogP contribution in [0.5, 0.6) is 23.1 Å². The predicted molar refractivity (Wildman–Crippen MR) is 102 cm³/mol. The first-order valence-electron chi connectivity index (χ1n) is 8.47. The van der Waals surface area contributed by atoms with Crippen molar-refractivity contribution in [1.29, 1.82) is 0 Å². The van der Waals surface area contributed by atoms with Gasteiger partial charge in [0, 0.05) is 18.3 Å². The number of pyridine rings is 1. The van der Waals surface area contributed by atoms with E-state index in [-0.39, 0.29) is 0 Å². The van der Waals surface area contributed by atoms with E-state index in [0.29, 0.717) is 41.7 Å². The van der Waals surface area contributed by atoms with E-state index >= 15 is 0 Å². The van der Waals surface area contributed by atoms with Crippen LogP contribution in [0.2, 0.25) is 0 Å². The zero-order valence-corrected chi connectivity index (χ0v) is 15.7. The number of methoxy groups -OCH3 is 2. The molecule has 26 heavy (non-hydrogen) atoms. The molecule has 1 unspecified atom stereocenters. The van der Waals surface area contributed by atoms with E-state index < -0.39 is 0 Å². The SMILES string of the molecule is CCC(C)NC(N)=NCc1ccc(Oc2c(OC)cccc2OC)nc1. The second-order valence-corrected chi connectivity index (χ2v) is 5.75. The van der Waals surface area contributed by atoms with Crippen LogP contribution in [-0.4, -0.2) is 31.2 Å². The van der Waals surface area contributed by atoms with Crippen molar-refractivity contribution in [2.75, 3.05) is 14.2 Å². The zero-order chi connectivity index (χ0) is 18.9. The predicted octanol–water partition coefficient (Wildman–Crippen LogP) is 3.09. The van der Waals surface area contributed by atoms with Gasteiger partial charge in [-0.3, -0.25) is 0 Å². The molecule has 0 aliphatic carbocycles. The molecule has 0 amide bonds. The van der Waals surface area contributed by atoms with Crippen LogP contribution in [0, 0.1) is 0 Å². The molecule has 0 aliphatic heterocycles. The highest BCUT2D eigenvalue weighted by atomic mass is 16.5. The maximum atomic E-state index is 5.86. The Balaban J connectivity index is 2.05. The fourth-order valence-corrected chi connectivity index (χ4v) is 2.16. The average Bonchev–Trinajstić information content (AvgIpc) is 2.67. The fourth-order valence-electron chi connectivity index (χ4n) is 2.16. The Bertz CT molecular complexity index is 710. The summed E-state index contributed by atoms with van der Waals surface area (Å²) in [4.78, 5) is 8.63. The summed E-state index contributed by atoms with van der Waals surface area (Å²) in [6.07, 6.45) is 2.69. The Hall–Kier alpha value is -2.96. The molecule has 0 fully saturated rings. The Labute approximate surface area is 154 Å². The van der Waals surface area contributed by atoms with Crippen molar-refractivity contribution in [2.24, 2.45) is 10.7 Å². The van der Waals surface area contributed by atoms with Crippen LogP contribution in [0.3, 0.4) is 0 Å². The lowest BCUT2D eigenvalue weighted by molar-refractivity contribution is 0.342. The number of benzene rings is 1.